The molecule has 0 amide bonds. The van der Waals surface area contributed by atoms with Gasteiger partial charge in [0.05, 0.1) is 24.2 Å². The first-order valence-electron chi connectivity index (χ1n) is 9.57. The highest BCUT2D eigenvalue weighted by molar-refractivity contribution is 9.10. The molecule has 1 heterocycles. The average Bonchev–Trinajstić information content (AvgIpc) is 2.76. The number of hydrogen-bond donors (Lipinski definition) is 0. The van der Waals surface area contributed by atoms with Crippen LogP contribution in [0.15, 0.2) is 56.8 Å². The van der Waals surface area contributed by atoms with Gasteiger partial charge < -0.3 is 9.47 Å². The van der Waals surface area contributed by atoms with E-state index in [1.807, 2.05) is 12.1 Å². The first-order chi connectivity index (χ1) is 14.5. The summed E-state index contributed by atoms with van der Waals surface area (Å²) >= 11 is 3.41. The largest absolute Gasteiger partial charge is 0.482 e. The lowest BCUT2D eigenvalue weighted by molar-refractivity contribution is -0.142. The van der Waals surface area contributed by atoms with Crippen molar-refractivity contribution >= 4 is 39.0 Å². The third-order valence-electron chi connectivity index (χ3n) is 4.42. The fraction of sp³-hybridized carbons (Fsp3) is 0.273. The summed E-state index contributed by atoms with van der Waals surface area (Å²) in [5.74, 6) is 0.719. The van der Waals surface area contributed by atoms with Crippen LogP contribution < -0.4 is 10.3 Å². The summed E-state index contributed by atoms with van der Waals surface area (Å²) in [7, 11) is 1.31. The molecule has 3 aromatic rings. The normalized spacial score (nSPS) is 11.2. The molecule has 0 aliphatic rings. The minimum Gasteiger partial charge on any atom is -0.482 e. The third kappa shape index (κ3) is 5.33. The van der Waals surface area contributed by atoms with Gasteiger partial charge in [-0.2, -0.15) is 9.78 Å². The van der Waals surface area contributed by atoms with E-state index in [9.17, 15) is 9.59 Å². The number of benzene rings is 2. The van der Waals surface area contributed by atoms with Crippen molar-refractivity contribution in [2.24, 2.45) is 5.10 Å². The van der Waals surface area contributed by atoms with Crippen molar-refractivity contribution in [3.63, 3.8) is 0 Å². The lowest BCUT2D eigenvalue weighted by Gasteiger charge is -2.09. The number of hydrogen-bond acceptors (Lipinski definition) is 6. The van der Waals surface area contributed by atoms with Crippen molar-refractivity contribution in [2.45, 2.75) is 26.2 Å². The number of unbranched alkanes of at least 4 members (excludes halogenated alkanes) is 1. The third-order valence-corrected chi connectivity index (χ3v) is 4.91. The quantitative estimate of drug-likeness (QED) is 0.367. The smallest absolute Gasteiger partial charge is 0.343 e. The molecule has 156 valence electrons. The molecule has 0 N–H and O–H groups in total. The maximum Gasteiger partial charge on any atom is 0.343 e. The van der Waals surface area contributed by atoms with Crippen LogP contribution in [0.3, 0.4) is 0 Å². The molecule has 8 heteroatoms. The van der Waals surface area contributed by atoms with E-state index in [-0.39, 0.29) is 12.2 Å². The molecular formula is C22H22BrN3O4. The lowest BCUT2D eigenvalue weighted by Crippen LogP contribution is -2.22. The van der Waals surface area contributed by atoms with Crippen LogP contribution in [-0.4, -0.2) is 35.6 Å². The molecule has 7 nitrogen and oxygen atoms in total. The Morgan fingerprint density at radius 3 is 2.70 bits per heavy atom. The lowest BCUT2D eigenvalue weighted by atomic mass is 10.2. The number of nitrogens with zero attached hydrogens (tertiary/aromatic N) is 3. The first kappa shape index (κ1) is 21.7. The molecule has 0 unspecified atom stereocenters. The van der Waals surface area contributed by atoms with E-state index < -0.39 is 5.97 Å². The number of carbonyl (C=O) groups is 1. The van der Waals surface area contributed by atoms with Crippen molar-refractivity contribution in [3.05, 3.63) is 68.7 Å². The summed E-state index contributed by atoms with van der Waals surface area (Å²) in [6.07, 6.45) is 4.17. The average molecular weight is 472 g/mol. The molecule has 2 aromatic carbocycles. The van der Waals surface area contributed by atoms with Crippen molar-refractivity contribution in [2.75, 3.05) is 13.7 Å². The molecule has 0 atom stereocenters. The molecule has 3 rings (SSSR count). The molecule has 0 bridgehead atoms. The van der Waals surface area contributed by atoms with Gasteiger partial charge in [-0.3, -0.25) is 4.79 Å². The Bertz CT molecular complexity index is 1120. The molecule has 0 aliphatic heterocycles. The zero-order chi connectivity index (χ0) is 21.5. The monoisotopic (exact) mass is 471 g/mol. The molecule has 0 fully saturated rings. The van der Waals surface area contributed by atoms with E-state index in [2.05, 4.69) is 37.7 Å². The second-order valence-electron chi connectivity index (χ2n) is 6.59. The van der Waals surface area contributed by atoms with Crippen LogP contribution in [0.25, 0.3) is 10.9 Å². The van der Waals surface area contributed by atoms with Crippen molar-refractivity contribution < 1.29 is 14.3 Å². The summed E-state index contributed by atoms with van der Waals surface area (Å²) in [4.78, 5) is 28.9. The van der Waals surface area contributed by atoms with Gasteiger partial charge >= 0.3 is 5.97 Å². The van der Waals surface area contributed by atoms with Gasteiger partial charge in [0.2, 0.25) is 0 Å². The molecule has 0 aliphatic carbocycles. The van der Waals surface area contributed by atoms with Gasteiger partial charge in [-0.1, -0.05) is 29.3 Å². The summed E-state index contributed by atoms with van der Waals surface area (Å²) < 4.78 is 12.1. The fourth-order valence-electron chi connectivity index (χ4n) is 2.79. The van der Waals surface area contributed by atoms with Gasteiger partial charge in [-0.15, -0.1) is 0 Å². The Hall–Kier alpha value is -3.00. The predicted molar refractivity (Wildman–Crippen MR) is 119 cm³/mol. The molecule has 0 saturated carbocycles. The highest BCUT2D eigenvalue weighted by atomic mass is 79.9. The standard InChI is InChI=1S/C22H22BrN3O4/c1-3-4-5-20-25-19-11-8-16(23)12-18(19)22(28)26(20)24-13-15-6-9-17(10-7-15)30-14-21(27)29-2/h6-13H,3-5,14H2,1-2H3. The summed E-state index contributed by atoms with van der Waals surface area (Å²) in [6.45, 7) is 1.94. The number of aromatic nitrogens is 2. The Morgan fingerprint density at radius 1 is 1.23 bits per heavy atom. The van der Waals surface area contributed by atoms with Crippen molar-refractivity contribution in [1.29, 1.82) is 0 Å². The van der Waals surface area contributed by atoms with Crippen LogP contribution in [0.5, 0.6) is 5.75 Å². The maximum atomic E-state index is 13.0. The molecule has 0 radical (unpaired) electrons. The number of aryl methyl sites for hydroxylation is 1. The van der Waals surface area contributed by atoms with Crippen LogP contribution in [0, 0.1) is 0 Å². The number of ether oxygens (including phenoxy) is 2. The van der Waals surface area contributed by atoms with Crippen LogP contribution >= 0.6 is 15.9 Å². The van der Waals surface area contributed by atoms with E-state index in [1.165, 1.54) is 11.8 Å². The molecule has 0 spiro atoms. The summed E-state index contributed by atoms with van der Waals surface area (Å²) in [6, 6.07) is 12.5. The highest BCUT2D eigenvalue weighted by Gasteiger charge is 2.11. The van der Waals surface area contributed by atoms with Crippen LogP contribution in [-0.2, 0) is 16.0 Å². The number of carbonyl (C=O) groups excluding carboxylic acids is 1. The van der Waals surface area contributed by atoms with Gasteiger partial charge in [0.15, 0.2) is 6.61 Å². The first-order valence-corrected chi connectivity index (χ1v) is 10.4. The van der Waals surface area contributed by atoms with Gasteiger partial charge in [0.1, 0.15) is 11.6 Å². The fourth-order valence-corrected chi connectivity index (χ4v) is 3.15. The number of fused-ring (bicyclic) bond motifs is 1. The Labute approximate surface area is 182 Å². The minimum atomic E-state index is -0.449. The Kier molecular flexibility index (Phi) is 7.35. The molecule has 30 heavy (non-hydrogen) atoms. The van der Waals surface area contributed by atoms with E-state index >= 15 is 0 Å². The maximum absolute atomic E-state index is 13.0. The van der Waals surface area contributed by atoms with Gasteiger partial charge in [0, 0.05) is 10.9 Å². The van der Waals surface area contributed by atoms with Crippen LogP contribution in [0.2, 0.25) is 0 Å². The SMILES string of the molecule is CCCCc1nc2ccc(Br)cc2c(=O)n1N=Cc1ccc(OCC(=O)OC)cc1. The van der Waals surface area contributed by atoms with Gasteiger partial charge in [0.25, 0.3) is 5.56 Å². The summed E-state index contributed by atoms with van der Waals surface area (Å²) in [5.41, 5.74) is 1.23. The Morgan fingerprint density at radius 2 is 2.00 bits per heavy atom. The van der Waals surface area contributed by atoms with E-state index in [0.29, 0.717) is 28.9 Å². The van der Waals surface area contributed by atoms with Crippen molar-refractivity contribution in [3.8, 4) is 5.75 Å². The zero-order valence-corrected chi connectivity index (χ0v) is 18.4. The summed E-state index contributed by atoms with van der Waals surface area (Å²) in [5, 5.41) is 4.92. The van der Waals surface area contributed by atoms with E-state index in [1.54, 1.807) is 36.5 Å². The predicted octanol–water partition coefficient (Wildman–Crippen LogP) is 3.94. The second kappa shape index (κ2) is 10.2. The topological polar surface area (TPSA) is 82.8 Å². The number of rotatable bonds is 8. The number of esters is 1. The van der Waals surface area contributed by atoms with Crippen LogP contribution in [0.4, 0.5) is 0 Å². The van der Waals surface area contributed by atoms with Crippen LogP contribution in [0.1, 0.15) is 31.2 Å². The second-order valence-corrected chi connectivity index (χ2v) is 7.50. The molecule has 0 saturated heterocycles. The van der Waals surface area contributed by atoms with Crippen molar-refractivity contribution in [1.82, 2.24) is 9.66 Å². The Balaban J connectivity index is 1.89. The molecular weight excluding hydrogens is 450 g/mol. The van der Waals surface area contributed by atoms with Gasteiger partial charge in [-0.05, 0) is 54.4 Å². The van der Waals surface area contributed by atoms with E-state index in [0.717, 1.165) is 22.9 Å². The van der Waals surface area contributed by atoms with Gasteiger partial charge in [-0.25, -0.2) is 9.78 Å². The molecule has 1 aromatic heterocycles. The number of methoxy groups -OCH3 is 1. The zero-order valence-electron chi connectivity index (χ0n) is 16.8. The number of halogens is 1. The minimum absolute atomic E-state index is 0.154. The highest BCUT2D eigenvalue weighted by Crippen LogP contribution is 2.17. The van der Waals surface area contributed by atoms with E-state index in [4.69, 9.17) is 4.74 Å².